The zero-order valence-electron chi connectivity index (χ0n) is 9.60. The molecule has 0 amide bonds. The molecule has 1 aliphatic heterocycles. The van der Waals surface area contributed by atoms with E-state index in [4.69, 9.17) is 10.6 Å². The Hall–Kier alpha value is -0.990. The molecule has 5 unspecified atom stereocenters. The Morgan fingerprint density at radius 1 is 1.44 bits per heavy atom. The highest BCUT2D eigenvalue weighted by Gasteiger charge is 2.47. The Labute approximate surface area is 102 Å². The van der Waals surface area contributed by atoms with E-state index in [1.165, 1.54) is 6.92 Å². The second-order valence-corrected chi connectivity index (χ2v) is 4.19. The van der Waals surface area contributed by atoms with Crippen LogP contribution in [-0.4, -0.2) is 58.8 Å². The van der Waals surface area contributed by atoms with Crippen LogP contribution in [0.25, 0.3) is 10.4 Å². The van der Waals surface area contributed by atoms with Gasteiger partial charge in [-0.2, -0.15) is 0 Å². The molecule has 104 valence electrons. The van der Waals surface area contributed by atoms with E-state index in [0.29, 0.717) is 0 Å². The first-order valence-corrected chi connectivity index (χ1v) is 5.38. The summed E-state index contributed by atoms with van der Waals surface area (Å²) >= 11 is 0. The molecule has 0 saturated carbocycles. The first-order chi connectivity index (χ1) is 8.43. The number of hydrogen-bond acceptors (Lipinski definition) is 5. The normalized spacial score (nSPS) is 39.8. The maximum absolute atomic E-state index is 13.4. The molecule has 0 aromatic carbocycles. The fourth-order valence-corrected chi connectivity index (χ4v) is 1.94. The topological polar surface area (TPSA) is 119 Å². The van der Waals surface area contributed by atoms with Gasteiger partial charge in [0.05, 0.1) is 18.8 Å². The highest BCUT2D eigenvalue weighted by molar-refractivity contribution is 4.95. The standard InChI is InChI=1S/C9H15F2N3O4/c1-3-6(13-14-12)5(10)9(11)18-8(3)7(17)4(16)2-15/h3-9,15-17H,2H2,1H3/t3?,4-,5?,6?,7-,8?,9?/m1/s1. The highest BCUT2D eigenvalue weighted by Crippen LogP contribution is 2.33. The number of aliphatic hydroxyl groups excluding tert-OH is 3. The molecule has 7 atom stereocenters. The number of aliphatic hydroxyl groups is 3. The van der Waals surface area contributed by atoms with E-state index < -0.39 is 49.4 Å². The second-order valence-electron chi connectivity index (χ2n) is 4.19. The van der Waals surface area contributed by atoms with E-state index in [1.807, 2.05) is 0 Å². The van der Waals surface area contributed by atoms with Gasteiger partial charge in [0.25, 0.3) is 0 Å². The lowest BCUT2D eigenvalue weighted by Gasteiger charge is -2.40. The van der Waals surface area contributed by atoms with Gasteiger partial charge in [0, 0.05) is 4.91 Å². The van der Waals surface area contributed by atoms with Crippen LogP contribution in [0.1, 0.15) is 6.92 Å². The molecule has 0 spiro atoms. The molecule has 1 heterocycles. The minimum absolute atomic E-state index is 0.754. The van der Waals surface area contributed by atoms with Crippen molar-refractivity contribution in [3.8, 4) is 0 Å². The average Bonchev–Trinajstić information content (AvgIpc) is 2.37. The largest absolute Gasteiger partial charge is 0.394 e. The average molecular weight is 267 g/mol. The summed E-state index contributed by atoms with van der Waals surface area (Å²) in [4.78, 5) is 2.42. The molecule has 9 heteroatoms. The van der Waals surface area contributed by atoms with E-state index >= 15 is 0 Å². The van der Waals surface area contributed by atoms with Gasteiger partial charge in [0.1, 0.15) is 12.2 Å². The number of halogens is 2. The predicted molar refractivity (Wildman–Crippen MR) is 55.9 cm³/mol. The predicted octanol–water partition coefficient (Wildman–Crippen LogP) is 0.0480. The Morgan fingerprint density at radius 3 is 2.56 bits per heavy atom. The van der Waals surface area contributed by atoms with Crippen LogP contribution in [0.3, 0.4) is 0 Å². The second kappa shape index (κ2) is 6.26. The third-order valence-corrected chi connectivity index (χ3v) is 3.02. The molecule has 1 rings (SSSR count). The lowest BCUT2D eigenvalue weighted by Crippen LogP contribution is -2.56. The van der Waals surface area contributed by atoms with Crippen molar-refractivity contribution in [2.45, 2.75) is 43.8 Å². The Balaban J connectivity index is 2.90. The molecule has 0 aromatic heterocycles. The van der Waals surface area contributed by atoms with Crippen molar-refractivity contribution in [2.24, 2.45) is 11.0 Å². The third kappa shape index (κ3) is 2.88. The molecular formula is C9H15F2N3O4. The zero-order chi connectivity index (χ0) is 13.9. The van der Waals surface area contributed by atoms with Gasteiger partial charge in [0.2, 0.25) is 6.36 Å². The van der Waals surface area contributed by atoms with Crippen LogP contribution in [0.4, 0.5) is 8.78 Å². The van der Waals surface area contributed by atoms with E-state index in [2.05, 4.69) is 14.8 Å². The fraction of sp³-hybridized carbons (Fsp3) is 1.00. The van der Waals surface area contributed by atoms with Crippen LogP contribution >= 0.6 is 0 Å². The van der Waals surface area contributed by atoms with Crippen LogP contribution < -0.4 is 0 Å². The number of azide groups is 1. The van der Waals surface area contributed by atoms with Gasteiger partial charge in [-0.3, -0.25) is 0 Å². The maximum atomic E-state index is 13.4. The van der Waals surface area contributed by atoms with Gasteiger partial charge in [-0.25, -0.2) is 8.78 Å². The van der Waals surface area contributed by atoms with E-state index in [9.17, 15) is 19.0 Å². The van der Waals surface area contributed by atoms with E-state index in [1.54, 1.807) is 0 Å². The Kier molecular flexibility index (Phi) is 5.24. The maximum Gasteiger partial charge on any atom is 0.231 e. The van der Waals surface area contributed by atoms with Gasteiger partial charge in [-0.15, -0.1) is 0 Å². The summed E-state index contributed by atoms with van der Waals surface area (Å²) in [6.45, 7) is 0.645. The molecule has 1 fully saturated rings. The van der Waals surface area contributed by atoms with Crippen LogP contribution in [-0.2, 0) is 4.74 Å². The van der Waals surface area contributed by atoms with Crippen molar-refractivity contribution in [1.82, 2.24) is 0 Å². The van der Waals surface area contributed by atoms with Crippen LogP contribution in [0.5, 0.6) is 0 Å². The van der Waals surface area contributed by atoms with Crippen molar-refractivity contribution in [2.75, 3.05) is 6.61 Å². The van der Waals surface area contributed by atoms with Crippen molar-refractivity contribution in [3.05, 3.63) is 10.4 Å². The molecule has 3 N–H and O–H groups in total. The van der Waals surface area contributed by atoms with E-state index in [0.717, 1.165) is 0 Å². The van der Waals surface area contributed by atoms with Gasteiger partial charge < -0.3 is 20.1 Å². The zero-order valence-corrected chi connectivity index (χ0v) is 9.60. The molecule has 7 nitrogen and oxygen atoms in total. The molecular weight excluding hydrogens is 252 g/mol. The molecule has 1 aliphatic rings. The van der Waals surface area contributed by atoms with Crippen molar-refractivity contribution >= 4 is 0 Å². The van der Waals surface area contributed by atoms with Crippen molar-refractivity contribution in [1.29, 1.82) is 0 Å². The Morgan fingerprint density at radius 2 is 2.06 bits per heavy atom. The first kappa shape index (κ1) is 15.1. The molecule has 0 bridgehead atoms. The quantitative estimate of drug-likeness (QED) is 0.378. The van der Waals surface area contributed by atoms with Crippen molar-refractivity contribution < 1.29 is 28.8 Å². The van der Waals surface area contributed by atoms with Crippen molar-refractivity contribution in [3.63, 3.8) is 0 Å². The minimum Gasteiger partial charge on any atom is -0.394 e. The molecule has 0 radical (unpaired) electrons. The van der Waals surface area contributed by atoms with Crippen LogP contribution in [0, 0.1) is 5.92 Å². The monoisotopic (exact) mass is 267 g/mol. The lowest BCUT2D eigenvalue weighted by molar-refractivity contribution is -0.224. The fourth-order valence-electron chi connectivity index (χ4n) is 1.94. The number of hydrogen-bond donors (Lipinski definition) is 3. The van der Waals surface area contributed by atoms with Gasteiger partial charge in [-0.1, -0.05) is 12.0 Å². The van der Waals surface area contributed by atoms with E-state index in [-0.39, 0.29) is 0 Å². The van der Waals surface area contributed by atoms with Gasteiger partial charge >= 0.3 is 0 Å². The minimum atomic E-state index is -2.36. The number of rotatable bonds is 4. The summed E-state index contributed by atoms with van der Waals surface area (Å²) in [7, 11) is 0. The number of ether oxygens (including phenoxy) is 1. The summed E-state index contributed by atoms with van der Waals surface area (Å²) in [6.07, 6.45) is -8.92. The van der Waals surface area contributed by atoms with Crippen LogP contribution in [0.15, 0.2) is 5.11 Å². The Bertz CT molecular complexity index is 329. The molecule has 1 saturated heterocycles. The van der Waals surface area contributed by atoms with Crippen LogP contribution in [0.2, 0.25) is 0 Å². The highest BCUT2D eigenvalue weighted by atomic mass is 19.2. The lowest BCUT2D eigenvalue weighted by atomic mass is 9.85. The SMILES string of the molecule is CC1C(N=[N+]=[N-])C(F)C(F)OC1[C@H](O)[C@H](O)CO. The number of alkyl halides is 2. The molecule has 0 aliphatic carbocycles. The summed E-state index contributed by atoms with van der Waals surface area (Å²) in [5.41, 5.74) is 8.30. The first-order valence-electron chi connectivity index (χ1n) is 5.38. The van der Waals surface area contributed by atoms with Gasteiger partial charge in [-0.05, 0) is 11.4 Å². The summed E-state index contributed by atoms with van der Waals surface area (Å²) < 4.78 is 31.3. The third-order valence-electron chi connectivity index (χ3n) is 3.02. The van der Waals surface area contributed by atoms with Gasteiger partial charge in [0.15, 0.2) is 6.17 Å². The summed E-state index contributed by atoms with van der Waals surface area (Å²) in [5.74, 6) is -0.848. The summed E-state index contributed by atoms with van der Waals surface area (Å²) in [6, 6.07) is -1.34. The summed E-state index contributed by atoms with van der Waals surface area (Å²) in [5, 5.41) is 30.7. The number of nitrogens with zero attached hydrogens (tertiary/aromatic N) is 3. The molecule has 18 heavy (non-hydrogen) atoms. The molecule has 0 aromatic rings. The smallest absolute Gasteiger partial charge is 0.231 e.